The van der Waals surface area contributed by atoms with Crippen molar-refractivity contribution < 1.29 is 10.0 Å². The van der Waals surface area contributed by atoms with Crippen molar-refractivity contribution >= 4 is 17.3 Å². The number of amides is 1. The van der Waals surface area contributed by atoms with Gasteiger partial charge >= 0.3 is 0 Å². The van der Waals surface area contributed by atoms with Gasteiger partial charge in [0.05, 0.1) is 0 Å². The summed E-state index contributed by atoms with van der Waals surface area (Å²) in [6, 6.07) is 14.7. The van der Waals surface area contributed by atoms with E-state index < -0.39 is 6.04 Å². The molecule has 5 nitrogen and oxygen atoms in total. The van der Waals surface area contributed by atoms with E-state index in [9.17, 15) is 10.0 Å². The van der Waals surface area contributed by atoms with Gasteiger partial charge in [0.1, 0.15) is 6.04 Å². The number of benzene rings is 2. The molecule has 5 heteroatoms. The predicted octanol–water partition coefficient (Wildman–Crippen LogP) is 2.68. The van der Waals surface area contributed by atoms with E-state index in [1.807, 2.05) is 67.5 Å². The Balaban J connectivity index is 1.80. The number of anilines is 2. The third-order valence-electron chi connectivity index (χ3n) is 4.16. The standard InChI is InChI=1S/C18H21N3O2/c1-20(2)15-9-7-14(8-10-15)19-18(22)17-16-6-4-3-5-13(16)11-12-21(17)23/h3-10,17,23H,11-12H2,1-2H3,(H,19,22). The minimum absolute atomic E-state index is 0.225. The lowest BCUT2D eigenvalue weighted by Crippen LogP contribution is -2.40. The van der Waals surface area contributed by atoms with Gasteiger partial charge in [-0.05, 0) is 41.8 Å². The molecule has 2 aromatic carbocycles. The highest BCUT2D eigenvalue weighted by atomic mass is 16.5. The van der Waals surface area contributed by atoms with E-state index in [1.165, 1.54) is 0 Å². The Morgan fingerprint density at radius 1 is 1.17 bits per heavy atom. The van der Waals surface area contributed by atoms with Crippen molar-refractivity contribution in [3.8, 4) is 0 Å². The van der Waals surface area contributed by atoms with Crippen molar-refractivity contribution in [3.63, 3.8) is 0 Å². The Morgan fingerprint density at radius 3 is 2.57 bits per heavy atom. The second-order valence-electron chi connectivity index (χ2n) is 5.94. The first-order valence-corrected chi connectivity index (χ1v) is 7.68. The molecule has 1 aliphatic heterocycles. The molecule has 0 aliphatic carbocycles. The van der Waals surface area contributed by atoms with E-state index in [-0.39, 0.29) is 5.91 Å². The molecule has 1 heterocycles. The monoisotopic (exact) mass is 311 g/mol. The molecular formula is C18H21N3O2. The van der Waals surface area contributed by atoms with Gasteiger partial charge in [-0.1, -0.05) is 24.3 Å². The Morgan fingerprint density at radius 2 is 1.87 bits per heavy atom. The Labute approximate surface area is 136 Å². The maximum atomic E-state index is 12.6. The van der Waals surface area contributed by atoms with E-state index in [0.29, 0.717) is 6.54 Å². The highest BCUT2D eigenvalue weighted by Gasteiger charge is 2.32. The van der Waals surface area contributed by atoms with E-state index in [4.69, 9.17) is 0 Å². The molecule has 2 N–H and O–H groups in total. The molecule has 1 amide bonds. The normalized spacial score (nSPS) is 17.4. The van der Waals surface area contributed by atoms with Crippen molar-refractivity contribution in [3.05, 3.63) is 59.7 Å². The van der Waals surface area contributed by atoms with Gasteiger partial charge in [0, 0.05) is 32.0 Å². The number of hydroxylamine groups is 2. The highest BCUT2D eigenvalue weighted by molar-refractivity contribution is 5.96. The molecule has 0 spiro atoms. The SMILES string of the molecule is CN(C)c1ccc(NC(=O)C2c3ccccc3CCN2O)cc1. The molecule has 0 aromatic heterocycles. The van der Waals surface area contributed by atoms with E-state index in [1.54, 1.807) is 0 Å². The van der Waals surface area contributed by atoms with Gasteiger partial charge < -0.3 is 15.4 Å². The Bertz CT molecular complexity index is 698. The quantitative estimate of drug-likeness (QED) is 0.915. The molecule has 0 fully saturated rings. The fraction of sp³-hybridized carbons (Fsp3) is 0.278. The van der Waals surface area contributed by atoms with Crippen LogP contribution in [0.3, 0.4) is 0 Å². The predicted molar refractivity (Wildman–Crippen MR) is 90.8 cm³/mol. The molecule has 1 unspecified atom stereocenters. The van der Waals surface area contributed by atoms with Crippen LogP contribution in [0.2, 0.25) is 0 Å². The summed E-state index contributed by atoms with van der Waals surface area (Å²) >= 11 is 0. The average molecular weight is 311 g/mol. The summed E-state index contributed by atoms with van der Waals surface area (Å²) in [4.78, 5) is 14.6. The zero-order valence-electron chi connectivity index (χ0n) is 13.4. The van der Waals surface area contributed by atoms with Crippen LogP contribution < -0.4 is 10.2 Å². The summed E-state index contributed by atoms with van der Waals surface area (Å²) in [7, 11) is 3.94. The van der Waals surface area contributed by atoms with Gasteiger partial charge in [-0.2, -0.15) is 5.06 Å². The molecule has 3 rings (SSSR count). The third-order valence-corrected chi connectivity index (χ3v) is 4.16. The first-order valence-electron chi connectivity index (χ1n) is 7.68. The first-order chi connectivity index (χ1) is 11.1. The van der Waals surface area contributed by atoms with Gasteiger partial charge in [-0.25, -0.2) is 0 Å². The largest absolute Gasteiger partial charge is 0.378 e. The zero-order chi connectivity index (χ0) is 16.4. The molecule has 0 radical (unpaired) electrons. The summed E-state index contributed by atoms with van der Waals surface area (Å²) in [6.07, 6.45) is 0.744. The number of nitrogens with zero attached hydrogens (tertiary/aromatic N) is 2. The number of carbonyl (C=O) groups is 1. The van der Waals surface area contributed by atoms with Gasteiger partial charge in [0.2, 0.25) is 5.91 Å². The van der Waals surface area contributed by atoms with Crippen LogP contribution in [0.4, 0.5) is 11.4 Å². The first kappa shape index (κ1) is 15.5. The molecule has 0 bridgehead atoms. The summed E-state index contributed by atoms with van der Waals surface area (Å²) in [6.45, 7) is 0.453. The van der Waals surface area contributed by atoms with Gasteiger partial charge in [0.25, 0.3) is 0 Å². The van der Waals surface area contributed by atoms with Crippen LogP contribution in [0, 0.1) is 0 Å². The average Bonchev–Trinajstić information content (AvgIpc) is 2.55. The van der Waals surface area contributed by atoms with Crippen molar-refractivity contribution in [2.45, 2.75) is 12.5 Å². The minimum atomic E-state index is -0.673. The highest BCUT2D eigenvalue weighted by Crippen LogP contribution is 2.29. The van der Waals surface area contributed by atoms with Crippen molar-refractivity contribution in [1.82, 2.24) is 5.06 Å². The molecule has 23 heavy (non-hydrogen) atoms. The molecule has 120 valence electrons. The molecule has 1 atom stereocenters. The zero-order valence-corrected chi connectivity index (χ0v) is 13.4. The third kappa shape index (κ3) is 3.21. The van der Waals surface area contributed by atoms with Crippen LogP contribution in [0.15, 0.2) is 48.5 Å². The van der Waals surface area contributed by atoms with Crippen LogP contribution in [0.25, 0.3) is 0 Å². The van der Waals surface area contributed by atoms with Gasteiger partial charge in [-0.3, -0.25) is 4.79 Å². The van der Waals surface area contributed by atoms with Crippen LogP contribution in [0.1, 0.15) is 17.2 Å². The second kappa shape index (κ2) is 6.40. The number of fused-ring (bicyclic) bond motifs is 1. The summed E-state index contributed by atoms with van der Waals surface area (Å²) in [5, 5.41) is 14.2. The fourth-order valence-corrected chi connectivity index (χ4v) is 2.88. The summed E-state index contributed by atoms with van der Waals surface area (Å²) in [5.74, 6) is -0.225. The number of hydrogen-bond acceptors (Lipinski definition) is 4. The smallest absolute Gasteiger partial charge is 0.248 e. The van der Waals surface area contributed by atoms with Crippen molar-refractivity contribution in [1.29, 1.82) is 0 Å². The lowest BCUT2D eigenvalue weighted by Gasteiger charge is -2.31. The topological polar surface area (TPSA) is 55.8 Å². The van der Waals surface area contributed by atoms with Crippen molar-refractivity contribution in [2.75, 3.05) is 30.9 Å². The number of rotatable bonds is 3. The van der Waals surface area contributed by atoms with Gasteiger partial charge in [0.15, 0.2) is 0 Å². The van der Waals surface area contributed by atoms with E-state index >= 15 is 0 Å². The van der Waals surface area contributed by atoms with Crippen LogP contribution in [-0.4, -0.2) is 36.8 Å². The van der Waals surface area contributed by atoms with Crippen LogP contribution >= 0.6 is 0 Å². The minimum Gasteiger partial charge on any atom is -0.378 e. The molecular weight excluding hydrogens is 290 g/mol. The van der Waals surface area contributed by atoms with Crippen LogP contribution in [-0.2, 0) is 11.2 Å². The molecule has 0 saturated heterocycles. The Kier molecular flexibility index (Phi) is 4.32. The van der Waals surface area contributed by atoms with Crippen LogP contribution in [0.5, 0.6) is 0 Å². The van der Waals surface area contributed by atoms with E-state index in [0.717, 1.165) is 34.0 Å². The van der Waals surface area contributed by atoms with Gasteiger partial charge in [-0.15, -0.1) is 0 Å². The molecule has 0 saturated carbocycles. The van der Waals surface area contributed by atoms with Crippen molar-refractivity contribution in [2.24, 2.45) is 0 Å². The number of nitrogens with one attached hydrogen (secondary N) is 1. The molecule has 1 aliphatic rings. The maximum Gasteiger partial charge on any atom is 0.248 e. The summed E-state index contributed by atoms with van der Waals surface area (Å²) < 4.78 is 0. The summed E-state index contributed by atoms with van der Waals surface area (Å²) in [5.41, 5.74) is 3.76. The maximum absolute atomic E-state index is 12.6. The fourth-order valence-electron chi connectivity index (χ4n) is 2.88. The Hall–Kier alpha value is -2.37. The molecule has 2 aromatic rings. The lowest BCUT2D eigenvalue weighted by atomic mass is 9.93. The van der Waals surface area contributed by atoms with E-state index in [2.05, 4.69) is 5.32 Å². The second-order valence-corrected chi connectivity index (χ2v) is 5.94. The number of hydrogen-bond donors (Lipinski definition) is 2. The lowest BCUT2D eigenvalue weighted by molar-refractivity contribution is -0.154. The number of carbonyl (C=O) groups excluding carboxylic acids is 1.